The summed E-state index contributed by atoms with van der Waals surface area (Å²) in [5, 5.41) is 5.33. The number of hydrogen-bond donors (Lipinski definition) is 2. The van der Waals surface area contributed by atoms with Gasteiger partial charge in [-0.2, -0.15) is 0 Å². The third-order valence-electron chi connectivity index (χ3n) is 3.33. The minimum absolute atomic E-state index is 0.290. The first-order valence-electron chi connectivity index (χ1n) is 7.41. The smallest absolute Gasteiger partial charge is 0.320 e. The quantitative estimate of drug-likeness (QED) is 0.779. The van der Waals surface area contributed by atoms with E-state index in [0.29, 0.717) is 23.5 Å². The standard InChI is InChI=1S/C17H17N5O/c1-3-18-17(23)22-15-9-8-13-16(21-15)20-14(10-19-13)12-6-4-11(2)5-7-12/h4-10H,3H2,1-2H3,(H2,18,20,21,22,23). The first-order valence-corrected chi connectivity index (χ1v) is 7.41. The Labute approximate surface area is 134 Å². The Balaban J connectivity index is 1.94. The van der Waals surface area contributed by atoms with E-state index in [9.17, 15) is 4.79 Å². The molecule has 2 aromatic heterocycles. The minimum Gasteiger partial charge on any atom is -0.338 e. The van der Waals surface area contributed by atoms with Crippen molar-refractivity contribution in [3.8, 4) is 11.3 Å². The first-order chi connectivity index (χ1) is 11.2. The fourth-order valence-corrected chi connectivity index (χ4v) is 2.15. The number of hydrogen-bond acceptors (Lipinski definition) is 4. The molecule has 3 aromatic rings. The van der Waals surface area contributed by atoms with Crippen LogP contribution in [0.1, 0.15) is 12.5 Å². The minimum atomic E-state index is -0.290. The van der Waals surface area contributed by atoms with E-state index in [1.807, 2.05) is 38.1 Å². The SMILES string of the molecule is CCNC(=O)Nc1ccc2ncc(-c3ccc(C)cc3)nc2n1. The van der Waals surface area contributed by atoms with E-state index in [0.717, 1.165) is 11.3 Å². The summed E-state index contributed by atoms with van der Waals surface area (Å²) in [4.78, 5) is 24.9. The number of amides is 2. The Morgan fingerprint density at radius 3 is 2.61 bits per heavy atom. The van der Waals surface area contributed by atoms with Crippen LogP contribution in [0.2, 0.25) is 0 Å². The molecule has 0 saturated heterocycles. The van der Waals surface area contributed by atoms with Crippen molar-refractivity contribution < 1.29 is 4.79 Å². The maximum atomic E-state index is 11.6. The molecule has 0 fully saturated rings. The number of carbonyl (C=O) groups excluding carboxylic acids is 1. The molecule has 0 aliphatic carbocycles. The molecule has 6 heteroatoms. The summed E-state index contributed by atoms with van der Waals surface area (Å²) in [5.41, 5.74) is 4.10. The highest BCUT2D eigenvalue weighted by molar-refractivity contribution is 5.89. The number of fused-ring (bicyclic) bond motifs is 1. The zero-order chi connectivity index (χ0) is 16.2. The summed E-state index contributed by atoms with van der Waals surface area (Å²) >= 11 is 0. The molecule has 1 aromatic carbocycles. The van der Waals surface area contributed by atoms with Gasteiger partial charge in [0.25, 0.3) is 0 Å². The number of anilines is 1. The van der Waals surface area contributed by atoms with Gasteiger partial charge in [0, 0.05) is 12.1 Å². The lowest BCUT2D eigenvalue weighted by atomic mass is 10.1. The van der Waals surface area contributed by atoms with Crippen molar-refractivity contribution in [3.63, 3.8) is 0 Å². The maximum Gasteiger partial charge on any atom is 0.320 e. The van der Waals surface area contributed by atoms with Gasteiger partial charge in [0.05, 0.1) is 11.9 Å². The van der Waals surface area contributed by atoms with E-state index in [1.165, 1.54) is 5.56 Å². The van der Waals surface area contributed by atoms with Crippen LogP contribution in [0.5, 0.6) is 0 Å². The van der Waals surface area contributed by atoms with Crippen LogP contribution in [-0.4, -0.2) is 27.5 Å². The second-order valence-electron chi connectivity index (χ2n) is 5.14. The van der Waals surface area contributed by atoms with Gasteiger partial charge in [-0.25, -0.2) is 14.8 Å². The van der Waals surface area contributed by atoms with Gasteiger partial charge >= 0.3 is 6.03 Å². The average molecular weight is 307 g/mol. The molecule has 0 aliphatic rings. The number of aryl methyl sites for hydroxylation is 1. The van der Waals surface area contributed by atoms with Gasteiger partial charge in [-0.15, -0.1) is 0 Å². The molecule has 0 atom stereocenters. The molecular weight excluding hydrogens is 290 g/mol. The Hall–Kier alpha value is -3.02. The molecule has 6 nitrogen and oxygen atoms in total. The Kier molecular flexibility index (Phi) is 4.14. The molecule has 0 radical (unpaired) electrons. The number of pyridine rings is 1. The third kappa shape index (κ3) is 3.42. The summed E-state index contributed by atoms with van der Waals surface area (Å²) in [5.74, 6) is 0.443. The second kappa shape index (κ2) is 6.39. The molecule has 2 N–H and O–H groups in total. The molecule has 116 valence electrons. The highest BCUT2D eigenvalue weighted by atomic mass is 16.2. The van der Waals surface area contributed by atoms with Gasteiger partial charge in [0.15, 0.2) is 5.65 Å². The Bertz CT molecular complexity index is 845. The number of urea groups is 1. The molecule has 0 unspecified atom stereocenters. The van der Waals surface area contributed by atoms with Crippen molar-refractivity contribution in [3.05, 3.63) is 48.2 Å². The van der Waals surface area contributed by atoms with E-state index < -0.39 is 0 Å². The van der Waals surface area contributed by atoms with Crippen LogP contribution in [0.3, 0.4) is 0 Å². The van der Waals surface area contributed by atoms with Crippen LogP contribution in [0.15, 0.2) is 42.6 Å². The van der Waals surface area contributed by atoms with Crippen molar-refractivity contribution >= 4 is 23.0 Å². The van der Waals surface area contributed by atoms with Crippen LogP contribution in [0.25, 0.3) is 22.4 Å². The molecule has 2 amide bonds. The lowest BCUT2D eigenvalue weighted by Gasteiger charge is -2.06. The number of aromatic nitrogens is 3. The number of carbonyl (C=O) groups is 1. The van der Waals surface area contributed by atoms with Crippen molar-refractivity contribution in [1.82, 2.24) is 20.3 Å². The van der Waals surface area contributed by atoms with Crippen molar-refractivity contribution in [2.75, 3.05) is 11.9 Å². The molecule has 0 saturated carbocycles. The number of benzene rings is 1. The second-order valence-corrected chi connectivity index (χ2v) is 5.14. The van der Waals surface area contributed by atoms with Gasteiger partial charge < -0.3 is 5.32 Å². The zero-order valence-corrected chi connectivity index (χ0v) is 13.0. The monoisotopic (exact) mass is 307 g/mol. The molecule has 0 bridgehead atoms. The normalized spacial score (nSPS) is 10.5. The lowest BCUT2D eigenvalue weighted by Crippen LogP contribution is -2.28. The van der Waals surface area contributed by atoms with Crippen LogP contribution in [0.4, 0.5) is 10.6 Å². The molecule has 0 aliphatic heterocycles. The first kappa shape index (κ1) is 14.9. The number of rotatable bonds is 3. The van der Waals surface area contributed by atoms with E-state index in [1.54, 1.807) is 18.3 Å². The van der Waals surface area contributed by atoms with E-state index in [2.05, 4.69) is 25.6 Å². The number of nitrogens with one attached hydrogen (secondary N) is 2. The van der Waals surface area contributed by atoms with Gasteiger partial charge in [-0.3, -0.25) is 10.3 Å². The number of nitrogens with zero attached hydrogens (tertiary/aromatic N) is 3. The predicted molar refractivity (Wildman–Crippen MR) is 90.2 cm³/mol. The largest absolute Gasteiger partial charge is 0.338 e. The Morgan fingerprint density at radius 2 is 1.87 bits per heavy atom. The molecule has 2 heterocycles. The van der Waals surface area contributed by atoms with E-state index in [-0.39, 0.29) is 6.03 Å². The summed E-state index contributed by atoms with van der Waals surface area (Å²) in [6, 6.07) is 11.3. The fraction of sp³-hybridized carbons (Fsp3) is 0.176. The van der Waals surface area contributed by atoms with Crippen molar-refractivity contribution in [2.45, 2.75) is 13.8 Å². The van der Waals surface area contributed by atoms with Gasteiger partial charge in [0.2, 0.25) is 0 Å². The molecule has 3 rings (SSSR count). The van der Waals surface area contributed by atoms with Crippen LogP contribution < -0.4 is 10.6 Å². The van der Waals surface area contributed by atoms with Gasteiger partial charge in [-0.1, -0.05) is 29.8 Å². The summed E-state index contributed by atoms with van der Waals surface area (Å²) < 4.78 is 0. The molecule has 0 spiro atoms. The summed E-state index contributed by atoms with van der Waals surface area (Å²) in [6.07, 6.45) is 1.73. The summed E-state index contributed by atoms with van der Waals surface area (Å²) in [7, 11) is 0. The predicted octanol–water partition coefficient (Wildman–Crippen LogP) is 3.14. The molecular formula is C17H17N5O. The van der Waals surface area contributed by atoms with Crippen LogP contribution >= 0.6 is 0 Å². The third-order valence-corrected chi connectivity index (χ3v) is 3.33. The summed E-state index contributed by atoms with van der Waals surface area (Å²) in [6.45, 7) is 4.44. The molecule has 23 heavy (non-hydrogen) atoms. The fourth-order valence-electron chi connectivity index (χ4n) is 2.15. The van der Waals surface area contributed by atoms with Gasteiger partial charge in [-0.05, 0) is 26.0 Å². The van der Waals surface area contributed by atoms with Crippen molar-refractivity contribution in [1.29, 1.82) is 0 Å². The Morgan fingerprint density at radius 1 is 1.09 bits per heavy atom. The zero-order valence-electron chi connectivity index (χ0n) is 13.0. The average Bonchev–Trinajstić information content (AvgIpc) is 2.55. The van der Waals surface area contributed by atoms with E-state index in [4.69, 9.17) is 0 Å². The van der Waals surface area contributed by atoms with Crippen LogP contribution in [-0.2, 0) is 0 Å². The lowest BCUT2D eigenvalue weighted by molar-refractivity contribution is 0.252. The maximum absolute atomic E-state index is 11.6. The van der Waals surface area contributed by atoms with E-state index >= 15 is 0 Å². The van der Waals surface area contributed by atoms with Crippen molar-refractivity contribution in [2.24, 2.45) is 0 Å². The topological polar surface area (TPSA) is 79.8 Å². The van der Waals surface area contributed by atoms with Gasteiger partial charge in [0.1, 0.15) is 11.3 Å². The highest BCUT2D eigenvalue weighted by Gasteiger charge is 2.06. The highest BCUT2D eigenvalue weighted by Crippen LogP contribution is 2.19. The van der Waals surface area contributed by atoms with Crippen LogP contribution in [0, 0.1) is 6.92 Å².